The number of allylic oxidation sites excluding steroid dienone is 6. The maximum absolute atomic E-state index is 5.29. The SMILES string of the molecule is C=C(/C=C\C=C/CC=NC)/C=C/N1CCOCC1. The highest BCUT2D eigenvalue weighted by atomic mass is 16.5. The molecular formula is C15H22N2O. The fourth-order valence-corrected chi connectivity index (χ4v) is 1.49. The van der Waals surface area contributed by atoms with Crippen LogP contribution in [0.1, 0.15) is 6.42 Å². The van der Waals surface area contributed by atoms with Crippen LogP contribution in [0.25, 0.3) is 0 Å². The molecule has 3 nitrogen and oxygen atoms in total. The molecule has 0 bridgehead atoms. The van der Waals surface area contributed by atoms with E-state index in [4.69, 9.17) is 4.74 Å². The van der Waals surface area contributed by atoms with Crippen molar-refractivity contribution in [3.05, 3.63) is 48.7 Å². The van der Waals surface area contributed by atoms with E-state index in [1.165, 1.54) is 0 Å². The predicted octanol–water partition coefficient (Wildman–Crippen LogP) is 2.59. The van der Waals surface area contributed by atoms with Gasteiger partial charge in [0.2, 0.25) is 0 Å². The Balaban J connectivity index is 2.25. The minimum absolute atomic E-state index is 0.814. The average molecular weight is 246 g/mol. The second-order valence-corrected chi connectivity index (χ2v) is 4.00. The van der Waals surface area contributed by atoms with Crippen LogP contribution in [-0.2, 0) is 4.74 Å². The van der Waals surface area contributed by atoms with Crippen molar-refractivity contribution < 1.29 is 4.74 Å². The summed E-state index contributed by atoms with van der Waals surface area (Å²) in [5, 5.41) is 0. The third-order valence-corrected chi connectivity index (χ3v) is 2.53. The van der Waals surface area contributed by atoms with Gasteiger partial charge in [-0.2, -0.15) is 0 Å². The first-order chi connectivity index (χ1) is 8.83. The van der Waals surface area contributed by atoms with Gasteiger partial charge in [-0.05, 0) is 17.8 Å². The average Bonchev–Trinajstić information content (AvgIpc) is 2.41. The van der Waals surface area contributed by atoms with E-state index in [9.17, 15) is 0 Å². The Morgan fingerprint density at radius 2 is 2.06 bits per heavy atom. The van der Waals surface area contributed by atoms with Gasteiger partial charge < -0.3 is 14.6 Å². The fraction of sp³-hybridized carbons (Fsp3) is 0.400. The van der Waals surface area contributed by atoms with E-state index in [1.54, 1.807) is 7.05 Å². The first kappa shape index (κ1) is 14.5. The Labute approximate surface area is 110 Å². The van der Waals surface area contributed by atoms with E-state index in [-0.39, 0.29) is 0 Å². The highest BCUT2D eigenvalue weighted by molar-refractivity contribution is 5.59. The molecule has 0 atom stereocenters. The number of hydrogen-bond donors (Lipinski definition) is 0. The molecule has 0 amide bonds. The highest BCUT2D eigenvalue weighted by Gasteiger charge is 2.04. The molecule has 0 saturated carbocycles. The van der Waals surface area contributed by atoms with Crippen molar-refractivity contribution >= 4 is 6.21 Å². The van der Waals surface area contributed by atoms with Crippen LogP contribution in [0.4, 0.5) is 0 Å². The monoisotopic (exact) mass is 246 g/mol. The molecule has 0 spiro atoms. The minimum atomic E-state index is 0.814. The van der Waals surface area contributed by atoms with Gasteiger partial charge in [-0.25, -0.2) is 0 Å². The normalized spacial score (nSPS) is 17.7. The number of hydrogen-bond acceptors (Lipinski definition) is 3. The molecule has 1 fully saturated rings. The third-order valence-electron chi connectivity index (χ3n) is 2.53. The molecule has 0 radical (unpaired) electrons. The van der Waals surface area contributed by atoms with Crippen LogP contribution < -0.4 is 0 Å². The molecule has 0 aromatic rings. The predicted molar refractivity (Wildman–Crippen MR) is 78.0 cm³/mol. The quantitative estimate of drug-likeness (QED) is 0.531. The van der Waals surface area contributed by atoms with Crippen molar-refractivity contribution in [1.29, 1.82) is 0 Å². The molecule has 0 unspecified atom stereocenters. The van der Waals surface area contributed by atoms with Gasteiger partial charge in [-0.1, -0.05) is 30.9 Å². The zero-order valence-electron chi connectivity index (χ0n) is 11.1. The molecule has 18 heavy (non-hydrogen) atoms. The van der Waals surface area contributed by atoms with Crippen molar-refractivity contribution in [2.45, 2.75) is 6.42 Å². The van der Waals surface area contributed by atoms with Crippen LogP contribution in [0.2, 0.25) is 0 Å². The van der Waals surface area contributed by atoms with Crippen LogP contribution >= 0.6 is 0 Å². The molecule has 0 aromatic carbocycles. The lowest BCUT2D eigenvalue weighted by atomic mass is 10.2. The van der Waals surface area contributed by atoms with E-state index >= 15 is 0 Å². The topological polar surface area (TPSA) is 24.8 Å². The van der Waals surface area contributed by atoms with Gasteiger partial charge in [0.1, 0.15) is 0 Å². The Bertz CT molecular complexity index is 348. The lowest BCUT2D eigenvalue weighted by Gasteiger charge is -2.24. The zero-order valence-corrected chi connectivity index (χ0v) is 11.1. The Morgan fingerprint density at radius 1 is 1.28 bits per heavy atom. The number of morpholine rings is 1. The van der Waals surface area contributed by atoms with E-state index in [1.807, 2.05) is 30.5 Å². The Kier molecular flexibility index (Phi) is 7.57. The van der Waals surface area contributed by atoms with Crippen LogP contribution in [0, 0.1) is 0 Å². The maximum atomic E-state index is 5.29. The van der Waals surface area contributed by atoms with Crippen molar-refractivity contribution in [3.8, 4) is 0 Å². The van der Waals surface area contributed by atoms with E-state index in [0.717, 1.165) is 38.3 Å². The highest BCUT2D eigenvalue weighted by Crippen LogP contribution is 2.01. The fourth-order valence-electron chi connectivity index (χ4n) is 1.49. The Hall–Kier alpha value is -1.61. The number of aliphatic imine (C=N–C) groups is 1. The summed E-state index contributed by atoms with van der Waals surface area (Å²) in [6.45, 7) is 7.53. The molecule has 3 heteroatoms. The maximum Gasteiger partial charge on any atom is 0.0642 e. The van der Waals surface area contributed by atoms with Gasteiger partial charge in [0, 0.05) is 32.8 Å². The Morgan fingerprint density at radius 3 is 2.78 bits per heavy atom. The van der Waals surface area contributed by atoms with E-state index in [0.29, 0.717) is 0 Å². The van der Waals surface area contributed by atoms with Crippen molar-refractivity contribution in [2.75, 3.05) is 33.4 Å². The number of rotatable bonds is 6. The van der Waals surface area contributed by atoms with E-state index in [2.05, 4.69) is 28.7 Å². The van der Waals surface area contributed by atoms with Crippen LogP contribution in [-0.4, -0.2) is 44.5 Å². The van der Waals surface area contributed by atoms with Crippen LogP contribution in [0.15, 0.2) is 53.7 Å². The molecule has 0 aliphatic carbocycles. The van der Waals surface area contributed by atoms with Crippen molar-refractivity contribution in [2.24, 2.45) is 4.99 Å². The second kappa shape index (κ2) is 9.42. The first-order valence-electron chi connectivity index (χ1n) is 6.25. The molecule has 1 aliphatic heterocycles. The summed E-state index contributed by atoms with van der Waals surface area (Å²) in [5.41, 5.74) is 0.996. The van der Waals surface area contributed by atoms with Gasteiger partial charge in [0.15, 0.2) is 0 Å². The van der Waals surface area contributed by atoms with Crippen LogP contribution in [0.5, 0.6) is 0 Å². The van der Waals surface area contributed by atoms with E-state index < -0.39 is 0 Å². The summed E-state index contributed by atoms with van der Waals surface area (Å²) < 4.78 is 5.29. The second-order valence-electron chi connectivity index (χ2n) is 4.00. The van der Waals surface area contributed by atoms with Gasteiger partial charge in [-0.3, -0.25) is 0 Å². The summed E-state index contributed by atoms with van der Waals surface area (Å²) in [6.07, 6.45) is 14.9. The molecule has 1 saturated heterocycles. The van der Waals surface area contributed by atoms with Crippen LogP contribution in [0.3, 0.4) is 0 Å². The first-order valence-corrected chi connectivity index (χ1v) is 6.25. The van der Waals surface area contributed by atoms with Gasteiger partial charge >= 0.3 is 0 Å². The largest absolute Gasteiger partial charge is 0.378 e. The summed E-state index contributed by atoms with van der Waals surface area (Å²) in [7, 11) is 1.78. The molecule has 0 aromatic heterocycles. The molecule has 98 valence electrons. The summed E-state index contributed by atoms with van der Waals surface area (Å²) in [6, 6.07) is 0. The minimum Gasteiger partial charge on any atom is -0.378 e. The molecular weight excluding hydrogens is 224 g/mol. The summed E-state index contributed by atoms with van der Waals surface area (Å²) in [5.74, 6) is 0. The van der Waals surface area contributed by atoms with Gasteiger partial charge in [0.25, 0.3) is 0 Å². The lowest BCUT2D eigenvalue weighted by molar-refractivity contribution is 0.0594. The smallest absolute Gasteiger partial charge is 0.0642 e. The zero-order chi connectivity index (χ0) is 13.1. The number of nitrogens with zero attached hydrogens (tertiary/aromatic N) is 2. The number of ether oxygens (including phenoxy) is 1. The lowest BCUT2D eigenvalue weighted by Crippen LogP contribution is -2.31. The third kappa shape index (κ3) is 6.86. The van der Waals surface area contributed by atoms with Crippen molar-refractivity contribution in [3.63, 3.8) is 0 Å². The van der Waals surface area contributed by atoms with Crippen molar-refractivity contribution in [1.82, 2.24) is 4.90 Å². The van der Waals surface area contributed by atoms with Gasteiger partial charge in [-0.15, -0.1) is 0 Å². The molecule has 1 aliphatic rings. The molecule has 1 rings (SSSR count). The van der Waals surface area contributed by atoms with Gasteiger partial charge in [0.05, 0.1) is 13.2 Å². The summed E-state index contributed by atoms with van der Waals surface area (Å²) in [4.78, 5) is 6.15. The molecule has 1 heterocycles. The summed E-state index contributed by atoms with van der Waals surface area (Å²) >= 11 is 0. The molecule has 0 N–H and O–H groups in total. The standard InChI is InChI=1S/C15H22N2O/c1-15(7-5-3-4-6-9-16-2)8-10-17-11-13-18-14-12-17/h3-5,7-10H,1,6,11-14H2,2H3/b4-3-,7-5-,10-8+,16-9?.